The highest BCUT2D eigenvalue weighted by atomic mass is 35.5. The molecule has 0 aliphatic carbocycles. The second-order valence-corrected chi connectivity index (χ2v) is 8.09. The third kappa shape index (κ3) is 4.18. The van der Waals surface area contributed by atoms with Gasteiger partial charge in [0.1, 0.15) is 0 Å². The lowest BCUT2D eigenvalue weighted by Gasteiger charge is -2.14. The molecule has 6 nitrogen and oxygen atoms in total. The SMILES string of the molecule is CNN1C(=O)SC(=Cc2ccc3c(cnn3Cc3ccc(Cl)cc3C(F)(F)F)c2)C1=O. The Hall–Kier alpha value is -2.82. The number of fused-ring (bicyclic) bond motifs is 1. The molecule has 11 heteroatoms. The molecule has 1 aromatic heterocycles. The van der Waals surface area contributed by atoms with E-state index in [-0.39, 0.29) is 22.0 Å². The van der Waals surface area contributed by atoms with Crippen molar-refractivity contribution in [2.45, 2.75) is 12.7 Å². The van der Waals surface area contributed by atoms with Gasteiger partial charge in [0.25, 0.3) is 5.91 Å². The lowest BCUT2D eigenvalue weighted by molar-refractivity contribution is -0.138. The predicted octanol–water partition coefficient (Wildman–Crippen LogP) is 4.93. The Morgan fingerprint density at radius 2 is 1.97 bits per heavy atom. The molecule has 4 rings (SSSR count). The number of nitrogens with zero attached hydrogens (tertiary/aromatic N) is 3. The Bertz CT molecular complexity index is 1240. The van der Waals surface area contributed by atoms with E-state index in [1.54, 1.807) is 24.3 Å². The van der Waals surface area contributed by atoms with E-state index in [2.05, 4.69) is 10.5 Å². The number of hydrazine groups is 1. The van der Waals surface area contributed by atoms with Gasteiger partial charge < -0.3 is 0 Å². The summed E-state index contributed by atoms with van der Waals surface area (Å²) in [4.78, 5) is 24.2. The highest BCUT2D eigenvalue weighted by Crippen LogP contribution is 2.35. The number of benzene rings is 2. The van der Waals surface area contributed by atoms with Gasteiger partial charge in [-0.1, -0.05) is 23.7 Å². The van der Waals surface area contributed by atoms with Gasteiger partial charge in [-0.25, -0.2) is 5.43 Å². The molecule has 1 saturated heterocycles. The predicted molar refractivity (Wildman–Crippen MR) is 112 cm³/mol. The molecule has 0 radical (unpaired) electrons. The first-order chi connectivity index (χ1) is 14.7. The number of carbonyl (C=O) groups is 2. The highest BCUT2D eigenvalue weighted by molar-refractivity contribution is 8.18. The van der Waals surface area contributed by atoms with Gasteiger partial charge in [-0.2, -0.15) is 23.3 Å². The standard InChI is InChI=1S/C20H14ClF3N4O2S/c1-25-28-18(29)17(31-19(28)30)7-11-2-5-16-13(6-11)9-26-27(16)10-12-3-4-14(21)8-15(12)20(22,23)24/h2-9,25H,10H2,1H3. The van der Waals surface area contributed by atoms with Crippen LogP contribution in [0.4, 0.5) is 18.0 Å². The minimum absolute atomic E-state index is 0.00808. The van der Waals surface area contributed by atoms with Gasteiger partial charge in [0.05, 0.1) is 28.7 Å². The third-order valence-corrected chi connectivity index (χ3v) is 5.78. The van der Waals surface area contributed by atoms with Gasteiger partial charge in [-0.15, -0.1) is 0 Å². The van der Waals surface area contributed by atoms with E-state index in [1.807, 2.05) is 0 Å². The topological polar surface area (TPSA) is 67.2 Å². The van der Waals surface area contributed by atoms with Crippen LogP contribution < -0.4 is 5.43 Å². The molecule has 2 aromatic carbocycles. The fourth-order valence-electron chi connectivity index (χ4n) is 3.24. The first-order valence-corrected chi connectivity index (χ1v) is 10.1. The summed E-state index contributed by atoms with van der Waals surface area (Å²) in [5.74, 6) is -0.448. The van der Waals surface area contributed by atoms with Crippen LogP contribution in [0.1, 0.15) is 16.7 Å². The van der Waals surface area contributed by atoms with E-state index in [9.17, 15) is 22.8 Å². The second kappa shape index (κ2) is 8.03. The summed E-state index contributed by atoms with van der Waals surface area (Å²) in [6.45, 7) is -0.0874. The average molecular weight is 467 g/mol. The molecule has 2 heterocycles. The van der Waals surface area contributed by atoms with Crippen LogP contribution in [0.25, 0.3) is 17.0 Å². The number of carbonyl (C=O) groups excluding carboxylic acids is 2. The molecule has 1 aliphatic rings. The maximum Gasteiger partial charge on any atom is 0.416 e. The summed E-state index contributed by atoms with van der Waals surface area (Å²) < 4.78 is 41.6. The number of hydrogen-bond donors (Lipinski definition) is 1. The maximum atomic E-state index is 13.4. The van der Waals surface area contributed by atoms with E-state index in [0.29, 0.717) is 16.5 Å². The number of rotatable bonds is 4. The average Bonchev–Trinajstić information content (AvgIpc) is 3.22. The molecular formula is C20H14ClF3N4O2S. The minimum atomic E-state index is -4.54. The summed E-state index contributed by atoms with van der Waals surface area (Å²) in [6, 6.07) is 8.82. The molecule has 31 heavy (non-hydrogen) atoms. The fraction of sp³-hybridized carbons (Fsp3) is 0.150. The quantitative estimate of drug-likeness (QED) is 0.552. The van der Waals surface area contributed by atoms with Crippen LogP contribution in [0.5, 0.6) is 0 Å². The number of amides is 2. The van der Waals surface area contributed by atoms with Crippen LogP contribution in [-0.2, 0) is 17.5 Å². The molecule has 160 valence electrons. The van der Waals surface area contributed by atoms with E-state index in [4.69, 9.17) is 11.6 Å². The Morgan fingerprint density at radius 1 is 1.19 bits per heavy atom. The van der Waals surface area contributed by atoms with Crippen molar-refractivity contribution < 1.29 is 22.8 Å². The Morgan fingerprint density at radius 3 is 2.65 bits per heavy atom. The number of halogens is 4. The first kappa shape index (κ1) is 21.4. The Balaban J connectivity index is 1.65. The fourth-order valence-corrected chi connectivity index (χ4v) is 4.24. The van der Waals surface area contributed by atoms with E-state index in [1.165, 1.54) is 30.1 Å². The monoisotopic (exact) mass is 466 g/mol. The van der Waals surface area contributed by atoms with E-state index < -0.39 is 22.9 Å². The van der Waals surface area contributed by atoms with E-state index >= 15 is 0 Å². The molecule has 1 fully saturated rings. The summed E-state index contributed by atoms with van der Waals surface area (Å²) in [6.07, 6.45) is -1.41. The molecule has 0 spiro atoms. The molecule has 1 aliphatic heterocycles. The van der Waals surface area contributed by atoms with E-state index in [0.717, 1.165) is 22.8 Å². The van der Waals surface area contributed by atoms with Gasteiger partial charge in [-0.05, 0) is 53.2 Å². The molecule has 3 aromatic rings. The highest BCUT2D eigenvalue weighted by Gasteiger charge is 2.35. The van der Waals surface area contributed by atoms with Gasteiger partial charge in [0.2, 0.25) is 0 Å². The Labute approximate surface area is 183 Å². The van der Waals surface area contributed by atoms with Crippen LogP contribution in [0, 0.1) is 0 Å². The minimum Gasteiger partial charge on any atom is -0.266 e. The molecule has 0 atom stereocenters. The largest absolute Gasteiger partial charge is 0.416 e. The van der Waals surface area contributed by atoms with Crippen LogP contribution in [-0.4, -0.2) is 33.0 Å². The number of hydrogen-bond acceptors (Lipinski definition) is 5. The number of imide groups is 1. The van der Waals surface area contributed by atoms with Crippen molar-refractivity contribution in [1.29, 1.82) is 0 Å². The number of alkyl halides is 3. The van der Waals surface area contributed by atoms with Crippen LogP contribution in [0.15, 0.2) is 47.5 Å². The summed E-state index contributed by atoms with van der Waals surface area (Å²) in [7, 11) is 1.48. The van der Waals surface area contributed by atoms with Gasteiger partial charge in [0.15, 0.2) is 0 Å². The van der Waals surface area contributed by atoms with Crippen molar-refractivity contribution >= 4 is 51.5 Å². The van der Waals surface area contributed by atoms with Crippen molar-refractivity contribution in [2.75, 3.05) is 7.05 Å². The molecule has 1 N–H and O–H groups in total. The first-order valence-electron chi connectivity index (χ1n) is 8.94. The van der Waals surface area contributed by atoms with Crippen molar-refractivity contribution in [3.63, 3.8) is 0 Å². The zero-order valence-corrected chi connectivity index (χ0v) is 17.5. The lowest BCUT2D eigenvalue weighted by Crippen LogP contribution is -2.38. The summed E-state index contributed by atoms with van der Waals surface area (Å²) >= 11 is 6.56. The molecule has 2 amide bonds. The molecule has 0 unspecified atom stereocenters. The summed E-state index contributed by atoms with van der Waals surface area (Å²) in [5.41, 5.74) is 3.06. The maximum absolute atomic E-state index is 13.4. The number of aromatic nitrogens is 2. The van der Waals surface area contributed by atoms with Gasteiger partial charge in [-0.3, -0.25) is 14.3 Å². The molecule has 0 saturated carbocycles. The zero-order chi connectivity index (χ0) is 22.3. The number of nitrogens with one attached hydrogen (secondary N) is 1. The zero-order valence-electron chi connectivity index (χ0n) is 15.9. The van der Waals surface area contributed by atoms with Crippen LogP contribution in [0.2, 0.25) is 5.02 Å². The van der Waals surface area contributed by atoms with Crippen molar-refractivity contribution in [3.05, 3.63) is 69.2 Å². The smallest absolute Gasteiger partial charge is 0.266 e. The van der Waals surface area contributed by atoms with Crippen LogP contribution in [0.3, 0.4) is 0 Å². The molecular weight excluding hydrogens is 453 g/mol. The van der Waals surface area contributed by atoms with Crippen molar-refractivity contribution in [1.82, 2.24) is 20.2 Å². The van der Waals surface area contributed by atoms with Gasteiger partial charge in [0, 0.05) is 17.5 Å². The van der Waals surface area contributed by atoms with Crippen molar-refractivity contribution in [3.8, 4) is 0 Å². The second-order valence-electron chi connectivity index (χ2n) is 6.66. The Kier molecular flexibility index (Phi) is 5.54. The lowest BCUT2D eigenvalue weighted by atomic mass is 10.1. The normalized spacial score (nSPS) is 16.2. The van der Waals surface area contributed by atoms with Crippen LogP contribution >= 0.6 is 23.4 Å². The van der Waals surface area contributed by atoms with Crippen molar-refractivity contribution in [2.24, 2.45) is 0 Å². The van der Waals surface area contributed by atoms with Gasteiger partial charge >= 0.3 is 11.4 Å². The summed E-state index contributed by atoms with van der Waals surface area (Å²) in [5, 5.41) is 5.40. The molecule has 0 bridgehead atoms. The number of thioether (sulfide) groups is 1. The third-order valence-electron chi connectivity index (χ3n) is 4.68.